The molecule has 0 aliphatic rings. The van der Waals surface area contributed by atoms with Gasteiger partial charge in [-0.25, -0.2) is 0 Å². The quantitative estimate of drug-likeness (QED) is 0.364. The molecule has 0 aliphatic heterocycles. The van der Waals surface area contributed by atoms with Gasteiger partial charge in [-0.3, -0.25) is 9.59 Å². The van der Waals surface area contributed by atoms with Crippen molar-refractivity contribution in [2.24, 2.45) is 0 Å². The molecule has 0 radical (unpaired) electrons. The van der Waals surface area contributed by atoms with Gasteiger partial charge < -0.3 is 19.6 Å². The van der Waals surface area contributed by atoms with Crippen LogP contribution in [0.2, 0.25) is 0 Å². The summed E-state index contributed by atoms with van der Waals surface area (Å²) in [5, 5.41) is 14.9. The van der Waals surface area contributed by atoms with Crippen molar-refractivity contribution in [3.05, 3.63) is 78.3 Å². The minimum Gasteiger partial charge on any atom is -0.459 e. The molecule has 4 rings (SSSR count). The lowest BCUT2D eigenvalue weighted by atomic mass is 10.1. The van der Waals surface area contributed by atoms with Crippen LogP contribution in [0.25, 0.3) is 11.4 Å². The number of hydrogen-bond acceptors (Lipinski definition) is 6. The maximum absolute atomic E-state index is 12.5. The molecule has 4 aromatic rings. The van der Waals surface area contributed by atoms with Gasteiger partial charge in [0.15, 0.2) is 16.7 Å². The number of carbonyl (C=O) groups excluding carboxylic acids is 2. The maximum atomic E-state index is 12.5. The number of rotatable bonds is 8. The van der Waals surface area contributed by atoms with Gasteiger partial charge in [0, 0.05) is 23.5 Å². The number of aryl methyl sites for hydroxylation is 1. The van der Waals surface area contributed by atoms with Crippen molar-refractivity contribution < 1.29 is 14.0 Å². The van der Waals surface area contributed by atoms with Crippen molar-refractivity contribution in [2.45, 2.75) is 25.5 Å². The van der Waals surface area contributed by atoms with Crippen LogP contribution in [-0.4, -0.2) is 32.3 Å². The number of nitrogens with one attached hydrogen (secondary N) is 2. The lowest BCUT2D eigenvalue weighted by Gasteiger charge is -2.09. The summed E-state index contributed by atoms with van der Waals surface area (Å²) >= 11 is 1.34. The van der Waals surface area contributed by atoms with Crippen LogP contribution in [0.5, 0.6) is 0 Å². The molecule has 8 nitrogen and oxygen atoms in total. The van der Waals surface area contributed by atoms with Crippen molar-refractivity contribution in [3.63, 3.8) is 0 Å². The Hall–Kier alpha value is -3.85. The van der Waals surface area contributed by atoms with Crippen LogP contribution in [0.15, 0.2) is 76.5 Å². The second kappa shape index (κ2) is 10.2. The highest BCUT2D eigenvalue weighted by molar-refractivity contribution is 7.99. The van der Waals surface area contributed by atoms with Crippen LogP contribution in [-0.2, 0) is 11.3 Å². The predicted octanol–water partition coefficient (Wildman–Crippen LogP) is 4.85. The Morgan fingerprint density at radius 2 is 1.76 bits per heavy atom. The molecule has 0 bridgehead atoms. The van der Waals surface area contributed by atoms with Crippen LogP contribution in [0.3, 0.4) is 0 Å². The standard InChI is InChI=1S/C24H23N5O3S/c1-3-29-22(17-7-4-6-16(2)14-17)27-28-24(29)33-15-21(30)25-18-9-11-19(12-10-18)26-23(31)20-8-5-13-32-20/h4-14H,3,15H2,1-2H3,(H,25,30)(H,26,31). The van der Waals surface area contributed by atoms with E-state index < -0.39 is 0 Å². The predicted molar refractivity (Wildman–Crippen MR) is 128 cm³/mol. The van der Waals surface area contributed by atoms with E-state index in [9.17, 15) is 9.59 Å². The number of nitrogens with zero attached hydrogens (tertiary/aromatic N) is 3. The van der Waals surface area contributed by atoms with E-state index in [-0.39, 0.29) is 23.3 Å². The molecule has 33 heavy (non-hydrogen) atoms. The fourth-order valence-electron chi connectivity index (χ4n) is 3.24. The first kappa shape index (κ1) is 22.3. The first-order valence-corrected chi connectivity index (χ1v) is 11.4. The summed E-state index contributed by atoms with van der Waals surface area (Å²) < 4.78 is 7.08. The summed E-state index contributed by atoms with van der Waals surface area (Å²) in [6.07, 6.45) is 1.44. The Morgan fingerprint density at radius 1 is 1.00 bits per heavy atom. The van der Waals surface area contributed by atoms with E-state index in [1.165, 1.54) is 18.0 Å². The van der Waals surface area contributed by atoms with E-state index in [1.807, 2.05) is 36.6 Å². The molecule has 2 amide bonds. The van der Waals surface area contributed by atoms with Crippen molar-refractivity contribution >= 4 is 35.0 Å². The van der Waals surface area contributed by atoms with Crippen LogP contribution >= 0.6 is 11.8 Å². The normalized spacial score (nSPS) is 10.7. The second-order valence-electron chi connectivity index (χ2n) is 7.27. The molecule has 2 aromatic carbocycles. The molecule has 168 valence electrons. The minimum atomic E-state index is -0.335. The third kappa shape index (κ3) is 5.50. The monoisotopic (exact) mass is 461 g/mol. The molecule has 0 saturated heterocycles. The van der Waals surface area contributed by atoms with Crippen LogP contribution in [0, 0.1) is 6.92 Å². The average Bonchev–Trinajstić information content (AvgIpc) is 3.49. The Labute approximate surface area is 195 Å². The van der Waals surface area contributed by atoms with Gasteiger partial charge in [-0.15, -0.1) is 10.2 Å². The zero-order chi connectivity index (χ0) is 23.2. The molecule has 0 saturated carbocycles. The van der Waals surface area contributed by atoms with Gasteiger partial charge in [0.25, 0.3) is 5.91 Å². The van der Waals surface area contributed by atoms with E-state index in [2.05, 4.69) is 26.9 Å². The Bertz CT molecular complexity index is 1250. The van der Waals surface area contributed by atoms with Gasteiger partial charge in [0.1, 0.15) is 0 Å². The molecule has 0 atom stereocenters. The molecule has 2 N–H and O–H groups in total. The summed E-state index contributed by atoms with van der Waals surface area (Å²) in [7, 11) is 0. The molecule has 0 spiro atoms. The number of anilines is 2. The second-order valence-corrected chi connectivity index (χ2v) is 8.21. The van der Waals surface area contributed by atoms with Gasteiger partial charge >= 0.3 is 0 Å². The summed E-state index contributed by atoms with van der Waals surface area (Å²) in [4.78, 5) is 24.5. The average molecular weight is 462 g/mol. The zero-order valence-electron chi connectivity index (χ0n) is 18.2. The third-order valence-electron chi connectivity index (χ3n) is 4.81. The highest BCUT2D eigenvalue weighted by Crippen LogP contribution is 2.25. The SMILES string of the molecule is CCn1c(SCC(=O)Nc2ccc(NC(=O)c3ccco3)cc2)nnc1-c1cccc(C)c1. The van der Waals surface area contributed by atoms with E-state index in [0.29, 0.717) is 23.1 Å². The molecule has 0 fully saturated rings. The number of thioether (sulfide) groups is 1. The Morgan fingerprint density at radius 3 is 2.42 bits per heavy atom. The summed E-state index contributed by atoms with van der Waals surface area (Å²) in [6, 6.07) is 18.2. The Balaban J connectivity index is 1.33. The summed E-state index contributed by atoms with van der Waals surface area (Å²) in [5.41, 5.74) is 3.38. The van der Waals surface area contributed by atoms with Crippen molar-refractivity contribution in [2.75, 3.05) is 16.4 Å². The molecule has 0 aliphatic carbocycles. The number of amides is 2. The maximum Gasteiger partial charge on any atom is 0.291 e. The zero-order valence-corrected chi connectivity index (χ0v) is 19.1. The van der Waals surface area contributed by atoms with Gasteiger partial charge in [-0.2, -0.15) is 0 Å². The van der Waals surface area contributed by atoms with Crippen LogP contribution in [0.1, 0.15) is 23.0 Å². The highest BCUT2D eigenvalue weighted by atomic mass is 32.2. The highest BCUT2D eigenvalue weighted by Gasteiger charge is 2.15. The van der Waals surface area contributed by atoms with Crippen molar-refractivity contribution in [3.8, 4) is 11.4 Å². The fourth-order valence-corrected chi connectivity index (χ4v) is 4.05. The summed E-state index contributed by atoms with van der Waals surface area (Å²) in [6.45, 7) is 4.76. The van der Waals surface area contributed by atoms with E-state index >= 15 is 0 Å². The fraction of sp³-hybridized carbons (Fsp3) is 0.167. The molecule has 0 unspecified atom stereocenters. The molecular formula is C24H23N5O3S. The number of hydrogen-bond donors (Lipinski definition) is 2. The van der Waals surface area contributed by atoms with E-state index in [0.717, 1.165) is 17.0 Å². The lowest BCUT2D eigenvalue weighted by molar-refractivity contribution is -0.113. The van der Waals surface area contributed by atoms with Gasteiger partial charge in [-0.1, -0.05) is 35.5 Å². The third-order valence-corrected chi connectivity index (χ3v) is 5.78. The van der Waals surface area contributed by atoms with Gasteiger partial charge in [-0.05, 0) is 56.3 Å². The minimum absolute atomic E-state index is 0.157. The van der Waals surface area contributed by atoms with Crippen LogP contribution < -0.4 is 10.6 Å². The molecule has 2 heterocycles. The number of carbonyl (C=O) groups is 2. The van der Waals surface area contributed by atoms with E-state index in [4.69, 9.17) is 4.42 Å². The first-order valence-electron chi connectivity index (χ1n) is 10.4. The smallest absolute Gasteiger partial charge is 0.291 e. The number of benzene rings is 2. The topological polar surface area (TPSA) is 102 Å². The summed E-state index contributed by atoms with van der Waals surface area (Å²) in [5.74, 6) is 0.725. The molecule has 2 aromatic heterocycles. The number of furan rings is 1. The van der Waals surface area contributed by atoms with Gasteiger partial charge in [0.2, 0.25) is 5.91 Å². The largest absolute Gasteiger partial charge is 0.459 e. The van der Waals surface area contributed by atoms with Crippen LogP contribution in [0.4, 0.5) is 11.4 Å². The van der Waals surface area contributed by atoms with E-state index in [1.54, 1.807) is 36.4 Å². The number of aromatic nitrogens is 3. The Kier molecular flexibility index (Phi) is 6.89. The first-order chi connectivity index (χ1) is 16.0. The lowest BCUT2D eigenvalue weighted by Crippen LogP contribution is -2.15. The molecule has 9 heteroatoms. The van der Waals surface area contributed by atoms with Crippen molar-refractivity contribution in [1.29, 1.82) is 0 Å². The van der Waals surface area contributed by atoms with Crippen molar-refractivity contribution in [1.82, 2.24) is 14.8 Å². The van der Waals surface area contributed by atoms with Gasteiger partial charge in [0.05, 0.1) is 12.0 Å². The molecular weight excluding hydrogens is 438 g/mol.